The van der Waals surface area contributed by atoms with Gasteiger partial charge in [-0.2, -0.15) is 0 Å². The maximum atomic E-state index is 9.73. The third-order valence-corrected chi connectivity index (χ3v) is 3.13. The average molecular weight is 337 g/mol. The zero-order valence-corrected chi connectivity index (χ0v) is 12.6. The topological polar surface area (TPSA) is 167 Å². The van der Waals surface area contributed by atoms with Crippen LogP contribution in [0.3, 0.4) is 0 Å². The molecule has 4 N–H and O–H groups in total. The van der Waals surface area contributed by atoms with Crippen molar-refractivity contribution in [1.82, 2.24) is 0 Å². The smallest absolute Gasteiger partial charge is 0.186 e. The highest BCUT2D eigenvalue weighted by molar-refractivity contribution is 4.88. The zero-order chi connectivity index (χ0) is 17.1. The molecule has 0 radical (unpaired) electrons. The van der Waals surface area contributed by atoms with Crippen LogP contribution in [0.15, 0.2) is 5.11 Å². The molecule has 1 aliphatic rings. The molecule has 0 aromatic rings. The first-order valence-electron chi connectivity index (χ1n) is 7.20. The Hall–Kier alpha value is -1.01. The lowest BCUT2D eigenvalue weighted by molar-refractivity contribution is -0.302. The summed E-state index contributed by atoms with van der Waals surface area (Å²) < 4.78 is 20.7. The Morgan fingerprint density at radius 1 is 0.957 bits per heavy atom. The van der Waals surface area contributed by atoms with Gasteiger partial charge in [-0.05, 0) is 5.53 Å². The second kappa shape index (κ2) is 11.5. The van der Waals surface area contributed by atoms with Crippen molar-refractivity contribution in [2.45, 2.75) is 30.7 Å². The van der Waals surface area contributed by atoms with Crippen molar-refractivity contribution in [2.24, 2.45) is 5.11 Å². The summed E-state index contributed by atoms with van der Waals surface area (Å²) in [6.07, 6.45) is -6.44. The fourth-order valence-corrected chi connectivity index (χ4v) is 1.90. The molecule has 0 aromatic carbocycles. The molecule has 5 atom stereocenters. The fourth-order valence-electron chi connectivity index (χ4n) is 1.90. The first kappa shape index (κ1) is 20.0. The van der Waals surface area contributed by atoms with E-state index in [0.29, 0.717) is 19.8 Å². The van der Waals surface area contributed by atoms with Gasteiger partial charge < -0.3 is 39.4 Å². The lowest BCUT2D eigenvalue weighted by Gasteiger charge is -2.39. The van der Waals surface area contributed by atoms with Gasteiger partial charge in [0.15, 0.2) is 6.29 Å². The van der Waals surface area contributed by atoms with Crippen molar-refractivity contribution in [3.05, 3.63) is 10.4 Å². The summed E-state index contributed by atoms with van der Waals surface area (Å²) in [5.74, 6) is 0. The lowest BCUT2D eigenvalue weighted by Crippen LogP contribution is -2.59. The zero-order valence-electron chi connectivity index (χ0n) is 12.6. The van der Waals surface area contributed by atoms with Gasteiger partial charge in [0, 0.05) is 11.5 Å². The molecule has 0 spiro atoms. The Morgan fingerprint density at radius 2 is 1.61 bits per heavy atom. The van der Waals surface area contributed by atoms with Crippen LogP contribution in [-0.4, -0.2) is 97.3 Å². The second-order valence-electron chi connectivity index (χ2n) is 4.75. The molecule has 23 heavy (non-hydrogen) atoms. The summed E-state index contributed by atoms with van der Waals surface area (Å²) in [7, 11) is 0. The van der Waals surface area contributed by atoms with E-state index in [2.05, 4.69) is 10.0 Å². The van der Waals surface area contributed by atoms with Crippen molar-refractivity contribution in [3.8, 4) is 0 Å². The molecule has 11 nitrogen and oxygen atoms in total. The molecule has 0 saturated carbocycles. The maximum Gasteiger partial charge on any atom is 0.186 e. The fraction of sp³-hybridized carbons (Fsp3) is 1.00. The van der Waals surface area contributed by atoms with E-state index in [-0.39, 0.29) is 19.8 Å². The van der Waals surface area contributed by atoms with Crippen LogP contribution in [0.2, 0.25) is 0 Å². The molecule has 134 valence electrons. The van der Waals surface area contributed by atoms with Crippen LogP contribution in [0.4, 0.5) is 0 Å². The highest BCUT2D eigenvalue weighted by Crippen LogP contribution is 2.21. The van der Waals surface area contributed by atoms with Crippen molar-refractivity contribution >= 4 is 0 Å². The number of hydrogen-bond donors (Lipinski definition) is 4. The lowest BCUT2D eigenvalue weighted by atomic mass is 9.99. The van der Waals surface area contributed by atoms with Gasteiger partial charge in [-0.25, -0.2) is 0 Å². The van der Waals surface area contributed by atoms with E-state index in [9.17, 15) is 15.3 Å². The van der Waals surface area contributed by atoms with Gasteiger partial charge in [0.2, 0.25) is 0 Å². The molecule has 1 fully saturated rings. The number of rotatable bonds is 11. The van der Waals surface area contributed by atoms with Crippen molar-refractivity contribution in [1.29, 1.82) is 0 Å². The predicted molar refractivity (Wildman–Crippen MR) is 75.4 cm³/mol. The molecule has 1 saturated heterocycles. The molecule has 0 aromatic heterocycles. The van der Waals surface area contributed by atoms with Gasteiger partial charge in [-0.15, -0.1) is 0 Å². The Labute approximate surface area is 133 Å². The standard InChI is InChI=1S/C12H23N3O8/c13-15-14-1-2-20-3-4-21-5-6-22-12-11(19)10(18)9(17)8(7-16)23-12/h8-12,16-19H,1-7H2/t8?,9-,10-,11+,12-/m0/s1. The van der Waals surface area contributed by atoms with Gasteiger partial charge in [0.05, 0.1) is 39.6 Å². The molecular weight excluding hydrogens is 314 g/mol. The molecule has 11 heteroatoms. The molecule has 0 amide bonds. The van der Waals surface area contributed by atoms with Crippen LogP contribution in [0, 0.1) is 0 Å². The largest absolute Gasteiger partial charge is 0.394 e. The van der Waals surface area contributed by atoms with E-state index < -0.39 is 37.3 Å². The van der Waals surface area contributed by atoms with Crippen LogP contribution < -0.4 is 0 Å². The van der Waals surface area contributed by atoms with E-state index in [0.717, 1.165) is 0 Å². The minimum atomic E-state index is -1.46. The van der Waals surface area contributed by atoms with Crippen LogP contribution >= 0.6 is 0 Å². The Bertz CT molecular complexity index is 366. The molecule has 1 unspecified atom stereocenters. The Kier molecular flexibility index (Phi) is 10.0. The summed E-state index contributed by atoms with van der Waals surface area (Å²) in [5.41, 5.74) is 8.05. The first-order valence-corrected chi connectivity index (χ1v) is 7.20. The SMILES string of the molecule is [N-]=[N+]=NCCOCCOCCO[C@H]1OC(CO)[C@H](O)[C@H](O)[C@H]1O. The van der Waals surface area contributed by atoms with Crippen molar-refractivity contribution < 1.29 is 39.4 Å². The number of azide groups is 1. The molecule has 1 heterocycles. The number of aliphatic hydroxyl groups is 4. The highest BCUT2D eigenvalue weighted by Gasteiger charge is 2.43. The van der Waals surface area contributed by atoms with Gasteiger partial charge in [0.25, 0.3) is 0 Å². The molecule has 0 bridgehead atoms. The molecule has 1 rings (SSSR count). The Balaban J connectivity index is 2.09. The maximum absolute atomic E-state index is 9.73. The summed E-state index contributed by atoms with van der Waals surface area (Å²) >= 11 is 0. The van der Waals surface area contributed by atoms with E-state index in [4.69, 9.17) is 29.6 Å². The summed E-state index contributed by atoms with van der Waals surface area (Å²) in [6.45, 7) is 1.01. The monoisotopic (exact) mass is 337 g/mol. The molecule has 1 aliphatic heterocycles. The van der Waals surface area contributed by atoms with Gasteiger partial charge in [-0.1, -0.05) is 5.11 Å². The quantitative estimate of drug-likeness (QED) is 0.147. The summed E-state index contributed by atoms with van der Waals surface area (Å²) in [5, 5.41) is 41.2. The van der Waals surface area contributed by atoms with Gasteiger partial charge in [-0.3, -0.25) is 0 Å². The van der Waals surface area contributed by atoms with Crippen LogP contribution in [0.5, 0.6) is 0 Å². The van der Waals surface area contributed by atoms with Gasteiger partial charge >= 0.3 is 0 Å². The highest BCUT2D eigenvalue weighted by atomic mass is 16.7. The number of hydrogen-bond acceptors (Lipinski definition) is 9. The van der Waals surface area contributed by atoms with E-state index in [1.807, 2.05) is 0 Å². The van der Waals surface area contributed by atoms with Crippen LogP contribution in [-0.2, 0) is 18.9 Å². The average Bonchev–Trinajstić information content (AvgIpc) is 2.56. The third kappa shape index (κ3) is 6.96. The van der Waals surface area contributed by atoms with Crippen LogP contribution in [0.1, 0.15) is 0 Å². The predicted octanol–water partition coefficient (Wildman–Crippen LogP) is -1.85. The first-order chi connectivity index (χ1) is 11.1. The Morgan fingerprint density at radius 3 is 2.26 bits per heavy atom. The second-order valence-corrected chi connectivity index (χ2v) is 4.75. The van der Waals surface area contributed by atoms with E-state index in [1.165, 1.54) is 0 Å². The van der Waals surface area contributed by atoms with E-state index >= 15 is 0 Å². The summed E-state index contributed by atoms with van der Waals surface area (Å²) in [6, 6.07) is 0. The van der Waals surface area contributed by atoms with Gasteiger partial charge in [0.1, 0.15) is 24.4 Å². The number of nitrogens with zero attached hydrogens (tertiary/aromatic N) is 3. The molecule has 0 aliphatic carbocycles. The minimum absolute atomic E-state index is 0.0847. The number of ether oxygens (including phenoxy) is 4. The normalized spacial score (nSPS) is 30.9. The van der Waals surface area contributed by atoms with Crippen LogP contribution in [0.25, 0.3) is 10.4 Å². The number of aliphatic hydroxyl groups excluding tert-OH is 4. The minimum Gasteiger partial charge on any atom is -0.394 e. The summed E-state index contributed by atoms with van der Waals surface area (Å²) in [4.78, 5) is 2.58. The van der Waals surface area contributed by atoms with Crippen molar-refractivity contribution in [3.63, 3.8) is 0 Å². The molecular formula is C12H23N3O8. The van der Waals surface area contributed by atoms with E-state index in [1.54, 1.807) is 0 Å². The third-order valence-electron chi connectivity index (χ3n) is 3.13. The van der Waals surface area contributed by atoms with Crippen molar-refractivity contribution in [2.75, 3.05) is 46.2 Å².